The van der Waals surface area contributed by atoms with Crippen molar-refractivity contribution >= 4 is 26.5 Å². The normalized spacial score (nSPS) is 11.7. The largest absolute Gasteiger partial charge is 0.459 e. The molecule has 0 fully saturated rings. The van der Waals surface area contributed by atoms with Gasteiger partial charge in [0.2, 0.25) is 0 Å². The Morgan fingerprint density at radius 2 is 1.76 bits per heavy atom. The van der Waals surface area contributed by atoms with Crippen LogP contribution < -0.4 is 5.32 Å². The summed E-state index contributed by atoms with van der Waals surface area (Å²) in [7, 11) is -3.15. The van der Waals surface area contributed by atoms with Gasteiger partial charge in [-0.3, -0.25) is 0 Å². The van der Waals surface area contributed by atoms with Crippen LogP contribution in [-0.2, 0) is 16.4 Å². The summed E-state index contributed by atoms with van der Waals surface area (Å²) < 4.78 is 28.5. The second-order valence-electron chi connectivity index (χ2n) is 4.90. The zero-order chi connectivity index (χ0) is 14.9. The number of sulfone groups is 1. The Kier molecular flexibility index (Phi) is 3.43. The van der Waals surface area contributed by atoms with Crippen molar-refractivity contribution in [2.75, 3.05) is 11.6 Å². The third kappa shape index (κ3) is 3.08. The van der Waals surface area contributed by atoms with E-state index in [1.54, 1.807) is 24.3 Å². The molecule has 0 aliphatic heterocycles. The van der Waals surface area contributed by atoms with Crippen LogP contribution >= 0.6 is 0 Å². The first-order valence-electron chi connectivity index (χ1n) is 6.54. The molecule has 1 heterocycles. The van der Waals surface area contributed by atoms with Crippen molar-refractivity contribution in [2.24, 2.45) is 0 Å². The molecule has 3 rings (SSSR count). The molecule has 1 N–H and O–H groups in total. The quantitative estimate of drug-likeness (QED) is 0.802. The van der Waals surface area contributed by atoms with Crippen LogP contribution in [0.2, 0.25) is 0 Å². The molecule has 4 nitrogen and oxygen atoms in total. The first kappa shape index (κ1) is 13.7. The fourth-order valence-electron chi connectivity index (χ4n) is 2.13. The van der Waals surface area contributed by atoms with Gasteiger partial charge in [-0.15, -0.1) is 0 Å². The molecule has 0 atom stereocenters. The first-order chi connectivity index (χ1) is 10.0. The van der Waals surface area contributed by atoms with Crippen LogP contribution in [0.5, 0.6) is 0 Å². The van der Waals surface area contributed by atoms with Crippen molar-refractivity contribution in [1.82, 2.24) is 0 Å². The van der Waals surface area contributed by atoms with E-state index in [0.29, 0.717) is 11.4 Å². The molecule has 0 aliphatic rings. The van der Waals surface area contributed by atoms with Crippen LogP contribution in [0.4, 0.5) is 5.69 Å². The monoisotopic (exact) mass is 301 g/mol. The summed E-state index contributed by atoms with van der Waals surface area (Å²) in [6.07, 6.45) is 1.20. The van der Waals surface area contributed by atoms with Gasteiger partial charge in [-0.25, -0.2) is 8.42 Å². The van der Waals surface area contributed by atoms with Gasteiger partial charge >= 0.3 is 0 Å². The molecule has 0 saturated heterocycles. The highest BCUT2D eigenvalue weighted by atomic mass is 32.2. The van der Waals surface area contributed by atoms with Crippen molar-refractivity contribution in [1.29, 1.82) is 0 Å². The minimum Gasteiger partial charge on any atom is -0.459 e. The Morgan fingerprint density at radius 3 is 2.43 bits per heavy atom. The fraction of sp³-hybridized carbons (Fsp3) is 0.125. The maximum absolute atomic E-state index is 11.4. The van der Waals surface area contributed by atoms with E-state index in [9.17, 15) is 8.42 Å². The summed E-state index contributed by atoms with van der Waals surface area (Å²) in [5, 5.41) is 4.28. The van der Waals surface area contributed by atoms with Gasteiger partial charge in [-0.1, -0.05) is 18.2 Å². The minimum atomic E-state index is -3.15. The molecular weight excluding hydrogens is 286 g/mol. The lowest BCUT2D eigenvalue weighted by Gasteiger charge is -2.05. The van der Waals surface area contributed by atoms with Crippen LogP contribution in [0.3, 0.4) is 0 Å². The maximum atomic E-state index is 11.4. The van der Waals surface area contributed by atoms with Crippen molar-refractivity contribution in [3.05, 3.63) is 60.4 Å². The third-order valence-corrected chi connectivity index (χ3v) is 4.35. The van der Waals surface area contributed by atoms with Crippen molar-refractivity contribution < 1.29 is 12.8 Å². The van der Waals surface area contributed by atoms with Crippen molar-refractivity contribution in [2.45, 2.75) is 11.4 Å². The Labute approximate surface area is 123 Å². The van der Waals surface area contributed by atoms with Gasteiger partial charge in [0.05, 0.1) is 11.4 Å². The number of hydrogen-bond donors (Lipinski definition) is 1. The Morgan fingerprint density at radius 1 is 1.05 bits per heavy atom. The zero-order valence-electron chi connectivity index (χ0n) is 11.5. The van der Waals surface area contributed by atoms with Gasteiger partial charge in [0.1, 0.15) is 11.3 Å². The molecule has 0 bridgehead atoms. The van der Waals surface area contributed by atoms with Gasteiger partial charge in [-0.05, 0) is 36.4 Å². The number of para-hydroxylation sites is 1. The summed E-state index contributed by atoms with van der Waals surface area (Å²) in [5.74, 6) is 0.836. The topological polar surface area (TPSA) is 59.3 Å². The Bertz CT molecular complexity index is 831. The molecule has 0 radical (unpaired) electrons. The van der Waals surface area contributed by atoms with E-state index < -0.39 is 9.84 Å². The number of nitrogens with one attached hydrogen (secondary N) is 1. The van der Waals surface area contributed by atoms with E-state index >= 15 is 0 Å². The second kappa shape index (κ2) is 5.26. The van der Waals surface area contributed by atoms with E-state index in [2.05, 4.69) is 5.32 Å². The highest BCUT2D eigenvalue weighted by Crippen LogP contribution is 2.20. The highest BCUT2D eigenvalue weighted by molar-refractivity contribution is 7.90. The molecule has 108 valence electrons. The van der Waals surface area contributed by atoms with Crippen LogP contribution in [0.25, 0.3) is 11.0 Å². The molecule has 2 aromatic carbocycles. The van der Waals surface area contributed by atoms with Crippen LogP contribution in [0, 0.1) is 0 Å². The molecule has 3 aromatic rings. The molecule has 5 heteroatoms. The predicted octanol–water partition coefficient (Wildman–Crippen LogP) is 3.45. The SMILES string of the molecule is CS(=O)(=O)c1ccc(NCc2cc3ccccc3o2)cc1. The van der Waals surface area contributed by atoms with E-state index in [-0.39, 0.29) is 0 Å². The average molecular weight is 301 g/mol. The molecule has 0 saturated carbocycles. The van der Waals surface area contributed by atoms with Crippen LogP contribution in [0.1, 0.15) is 5.76 Å². The van der Waals surface area contributed by atoms with Gasteiger partial charge < -0.3 is 9.73 Å². The maximum Gasteiger partial charge on any atom is 0.175 e. The highest BCUT2D eigenvalue weighted by Gasteiger charge is 2.06. The number of rotatable bonds is 4. The predicted molar refractivity (Wildman–Crippen MR) is 83.1 cm³/mol. The molecule has 0 unspecified atom stereocenters. The number of benzene rings is 2. The lowest BCUT2D eigenvalue weighted by Crippen LogP contribution is -2.00. The van der Waals surface area contributed by atoms with Gasteiger partial charge in [0.25, 0.3) is 0 Å². The van der Waals surface area contributed by atoms with Crippen LogP contribution in [-0.4, -0.2) is 14.7 Å². The summed E-state index contributed by atoms with van der Waals surface area (Å²) >= 11 is 0. The molecule has 0 spiro atoms. The fourth-order valence-corrected chi connectivity index (χ4v) is 2.76. The zero-order valence-corrected chi connectivity index (χ0v) is 12.4. The van der Waals surface area contributed by atoms with Crippen molar-refractivity contribution in [3.63, 3.8) is 0 Å². The number of hydrogen-bond acceptors (Lipinski definition) is 4. The standard InChI is InChI=1S/C16H15NO3S/c1-21(18,19)15-8-6-13(7-9-15)17-11-14-10-12-4-2-3-5-16(12)20-14/h2-10,17H,11H2,1H3. The Hall–Kier alpha value is -2.27. The molecule has 0 amide bonds. The van der Waals surface area contributed by atoms with E-state index in [4.69, 9.17) is 4.42 Å². The number of furan rings is 1. The van der Waals surface area contributed by atoms with E-state index in [1.807, 2.05) is 30.3 Å². The minimum absolute atomic E-state index is 0.316. The molecule has 1 aromatic heterocycles. The summed E-state index contributed by atoms with van der Waals surface area (Å²) in [5.41, 5.74) is 1.71. The Balaban J connectivity index is 1.72. The lowest BCUT2D eigenvalue weighted by molar-refractivity contribution is 0.559. The van der Waals surface area contributed by atoms with Crippen molar-refractivity contribution in [3.8, 4) is 0 Å². The van der Waals surface area contributed by atoms with Gasteiger partial charge in [0.15, 0.2) is 9.84 Å². The van der Waals surface area contributed by atoms with Crippen LogP contribution in [0.15, 0.2) is 63.9 Å². The molecule has 0 aliphatic carbocycles. The number of fused-ring (bicyclic) bond motifs is 1. The average Bonchev–Trinajstić information content (AvgIpc) is 2.87. The van der Waals surface area contributed by atoms with Gasteiger partial charge in [-0.2, -0.15) is 0 Å². The summed E-state index contributed by atoms with van der Waals surface area (Å²) in [6.45, 7) is 0.549. The van der Waals surface area contributed by atoms with E-state index in [0.717, 1.165) is 22.4 Å². The van der Waals surface area contributed by atoms with Gasteiger partial charge in [0, 0.05) is 17.3 Å². The summed E-state index contributed by atoms with van der Waals surface area (Å²) in [6, 6.07) is 16.5. The molecular formula is C16H15NO3S. The van der Waals surface area contributed by atoms with E-state index in [1.165, 1.54) is 6.26 Å². The second-order valence-corrected chi connectivity index (χ2v) is 6.92. The first-order valence-corrected chi connectivity index (χ1v) is 8.43. The number of anilines is 1. The molecule has 21 heavy (non-hydrogen) atoms. The summed E-state index contributed by atoms with van der Waals surface area (Å²) in [4.78, 5) is 0.316. The smallest absolute Gasteiger partial charge is 0.175 e. The lowest BCUT2D eigenvalue weighted by atomic mass is 10.2. The third-order valence-electron chi connectivity index (χ3n) is 3.23.